The number of halogens is 1. The van der Waals surface area contributed by atoms with Gasteiger partial charge in [-0.25, -0.2) is 4.98 Å². The van der Waals surface area contributed by atoms with Crippen LogP contribution in [-0.2, 0) is 0 Å². The average Bonchev–Trinajstić information content (AvgIpc) is 3.15. The third kappa shape index (κ3) is 3.45. The van der Waals surface area contributed by atoms with Crippen molar-refractivity contribution >= 4 is 50.4 Å². The Morgan fingerprint density at radius 2 is 1.89 bits per heavy atom. The molecule has 3 aromatic carbocycles. The van der Waals surface area contributed by atoms with Gasteiger partial charge in [-0.15, -0.1) is 11.3 Å². The highest BCUT2D eigenvalue weighted by Crippen LogP contribution is 2.31. The third-order valence-corrected chi connectivity index (χ3v) is 5.18. The van der Waals surface area contributed by atoms with Crippen LogP contribution in [0.2, 0.25) is 5.02 Å². The standard InChI is InChI=1S/C20H12ClN3O3S/c21-13-8-9-18(24(26)27)16(10-13)19(25)23-20-22-17(11-28-20)15-7-3-5-12-4-1-2-6-14(12)15/h1-11H,(H,22,23,25). The molecule has 6 nitrogen and oxygen atoms in total. The summed E-state index contributed by atoms with van der Waals surface area (Å²) in [6.07, 6.45) is 0. The van der Waals surface area contributed by atoms with E-state index in [-0.39, 0.29) is 16.3 Å². The highest BCUT2D eigenvalue weighted by atomic mass is 35.5. The number of nitrogens with zero attached hydrogens (tertiary/aromatic N) is 2. The van der Waals surface area contributed by atoms with Gasteiger partial charge >= 0.3 is 0 Å². The van der Waals surface area contributed by atoms with Crippen LogP contribution in [0.1, 0.15) is 10.4 Å². The van der Waals surface area contributed by atoms with E-state index in [9.17, 15) is 14.9 Å². The van der Waals surface area contributed by atoms with Gasteiger partial charge in [-0.3, -0.25) is 20.2 Å². The Morgan fingerprint density at radius 1 is 1.11 bits per heavy atom. The zero-order valence-electron chi connectivity index (χ0n) is 14.3. The Hall–Kier alpha value is -3.29. The molecule has 0 saturated heterocycles. The minimum atomic E-state index is -0.631. The lowest BCUT2D eigenvalue weighted by Gasteiger charge is -2.04. The molecule has 28 heavy (non-hydrogen) atoms. The minimum absolute atomic E-state index is 0.112. The van der Waals surface area contributed by atoms with Crippen molar-refractivity contribution in [1.29, 1.82) is 0 Å². The van der Waals surface area contributed by atoms with Gasteiger partial charge in [0.25, 0.3) is 11.6 Å². The molecule has 138 valence electrons. The van der Waals surface area contributed by atoms with Crippen molar-refractivity contribution < 1.29 is 9.72 Å². The van der Waals surface area contributed by atoms with Gasteiger partial charge in [0.1, 0.15) is 5.56 Å². The monoisotopic (exact) mass is 409 g/mol. The normalized spacial score (nSPS) is 10.8. The van der Waals surface area contributed by atoms with Gasteiger partial charge in [-0.2, -0.15) is 0 Å². The van der Waals surface area contributed by atoms with Gasteiger partial charge in [-0.1, -0.05) is 54.1 Å². The first-order valence-corrected chi connectivity index (χ1v) is 9.47. The topological polar surface area (TPSA) is 85.1 Å². The molecule has 0 atom stereocenters. The second kappa shape index (κ2) is 7.38. The summed E-state index contributed by atoms with van der Waals surface area (Å²) in [6.45, 7) is 0. The lowest BCUT2D eigenvalue weighted by molar-refractivity contribution is -0.385. The quantitative estimate of drug-likeness (QED) is 0.342. The third-order valence-electron chi connectivity index (χ3n) is 4.19. The summed E-state index contributed by atoms with van der Waals surface area (Å²) < 4.78 is 0. The lowest BCUT2D eigenvalue weighted by atomic mass is 10.0. The number of hydrogen-bond acceptors (Lipinski definition) is 5. The number of hydrogen-bond donors (Lipinski definition) is 1. The first-order valence-electron chi connectivity index (χ1n) is 8.22. The molecule has 1 heterocycles. The first-order chi connectivity index (χ1) is 13.5. The first kappa shape index (κ1) is 18.1. The number of thiazole rings is 1. The number of amides is 1. The molecule has 0 spiro atoms. The molecule has 0 radical (unpaired) electrons. The molecular weight excluding hydrogens is 398 g/mol. The van der Waals surface area contributed by atoms with Gasteiger partial charge in [0.2, 0.25) is 0 Å². The molecule has 0 unspecified atom stereocenters. The van der Waals surface area contributed by atoms with Gasteiger partial charge < -0.3 is 0 Å². The molecule has 1 amide bonds. The van der Waals surface area contributed by atoms with Gasteiger partial charge in [0.05, 0.1) is 10.6 Å². The molecule has 0 fully saturated rings. The number of carbonyl (C=O) groups excluding carboxylic acids is 1. The van der Waals surface area contributed by atoms with Crippen LogP contribution in [0.5, 0.6) is 0 Å². The summed E-state index contributed by atoms with van der Waals surface area (Å²) in [5, 5.41) is 18.4. The van der Waals surface area contributed by atoms with Gasteiger partial charge in [0.15, 0.2) is 5.13 Å². The predicted octanol–water partition coefficient (Wildman–Crippen LogP) is 5.78. The smallest absolute Gasteiger partial charge is 0.282 e. The van der Waals surface area contributed by atoms with E-state index in [1.807, 2.05) is 47.8 Å². The molecule has 4 aromatic rings. The molecule has 0 aliphatic carbocycles. The van der Waals surface area contributed by atoms with Crippen LogP contribution in [-0.4, -0.2) is 15.8 Å². The van der Waals surface area contributed by atoms with Crippen LogP contribution >= 0.6 is 22.9 Å². The largest absolute Gasteiger partial charge is 0.298 e. The van der Waals surface area contributed by atoms with Crippen LogP contribution in [0.25, 0.3) is 22.0 Å². The summed E-state index contributed by atoms with van der Waals surface area (Å²) in [5.41, 5.74) is 1.24. The maximum Gasteiger partial charge on any atom is 0.282 e. The van der Waals surface area contributed by atoms with E-state index in [0.29, 0.717) is 5.13 Å². The molecular formula is C20H12ClN3O3S. The summed E-state index contributed by atoms with van der Waals surface area (Å²) in [4.78, 5) is 27.6. The number of benzene rings is 3. The number of anilines is 1. The van der Waals surface area contributed by atoms with E-state index in [0.717, 1.165) is 22.0 Å². The Labute approximate surface area is 168 Å². The number of nitrogens with one attached hydrogen (secondary N) is 1. The van der Waals surface area contributed by atoms with E-state index in [1.165, 1.54) is 29.5 Å². The number of nitro benzene ring substituents is 1. The van der Waals surface area contributed by atoms with Crippen molar-refractivity contribution in [3.8, 4) is 11.3 Å². The van der Waals surface area contributed by atoms with E-state index >= 15 is 0 Å². The maximum atomic E-state index is 12.5. The number of carbonyl (C=O) groups is 1. The predicted molar refractivity (Wildman–Crippen MR) is 111 cm³/mol. The van der Waals surface area contributed by atoms with E-state index in [4.69, 9.17) is 11.6 Å². The second-order valence-corrected chi connectivity index (χ2v) is 7.23. The molecule has 0 bridgehead atoms. The maximum absolute atomic E-state index is 12.5. The highest BCUT2D eigenvalue weighted by Gasteiger charge is 2.21. The molecule has 1 N–H and O–H groups in total. The molecule has 0 saturated carbocycles. The Morgan fingerprint density at radius 3 is 2.71 bits per heavy atom. The number of aromatic nitrogens is 1. The van der Waals surface area contributed by atoms with E-state index in [1.54, 1.807) is 0 Å². The molecule has 1 aromatic heterocycles. The van der Waals surface area contributed by atoms with Crippen molar-refractivity contribution in [3.63, 3.8) is 0 Å². The summed E-state index contributed by atoms with van der Waals surface area (Å²) >= 11 is 7.14. The van der Waals surface area contributed by atoms with Crippen LogP contribution in [0.3, 0.4) is 0 Å². The van der Waals surface area contributed by atoms with Crippen molar-refractivity contribution in [3.05, 3.63) is 86.7 Å². The summed E-state index contributed by atoms with van der Waals surface area (Å²) in [5.74, 6) is -0.631. The van der Waals surface area contributed by atoms with Gasteiger partial charge in [-0.05, 0) is 22.9 Å². The molecule has 4 rings (SSSR count). The fourth-order valence-corrected chi connectivity index (χ4v) is 3.80. The van der Waals surface area contributed by atoms with Crippen LogP contribution in [0.15, 0.2) is 66.0 Å². The van der Waals surface area contributed by atoms with Crippen molar-refractivity contribution in [2.45, 2.75) is 0 Å². The molecule has 8 heteroatoms. The Balaban J connectivity index is 1.65. The second-order valence-electron chi connectivity index (χ2n) is 5.94. The average molecular weight is 410 g/mol. The SMILES string of the molecule is O=C(Nc1nc(-c2cccc3ccccc23)cs1)c1cc(Cl)ccc1[N+](=O)[O-]. The summed E-state index contributed by atoms with van der Waals surface area (Å²) in [6, 6.07) is 17.7. The van der Waals surface area contributed by atoms with Crippen LogP contribution < -0.4 is 5.32 Å². The molecule has 0 aliphatic heterocycles. The summed E-state index contributed by atoms with van der Waals surface area (Å²) in [7, 11) is 0. The minimum Gasteiger partial charge on any atom is -0.298 e. The number of fused-ring (bicyclic) bond motifs is 1. The zero-order valence-corrected chi connectivity index (χ0v) is 15.8. The molecule has 0 aliphatic rings. The zero-order chi connectivity index (χ0) is 19.7. The van der Waals surface area contributed by atoms with E-state index < -0.39 is 10.8 Å². The fraction of sp³-hybridized carbons (Fsp3) is 0. The van der Waals surface area contributed by atoms with Crippen LogP contribution in [0, 0.1) is 10.1 Å². The van der Waals surface area contributed by atoms with Gasteiger partial charge in [0, 0.05) is 22.0 Å². The van der Waals surface area contributed by atoms with Crippen LogP contribution in [0.4, 0.5) is 10.8 Å². The Bertz CT molecular complexity index is 1220. The van der Waals surface area contributed by atoms with E-state index in [2.05, 4.69) is 10.3 Å². The van der Waals surface area contributed by atoms with Crippen molar-refractivity contribution in [2.24, 2.45) is 0 Å². The number of rotatable bonds is 4. The lowest BCUT2D eigenvalue weighted by Crippen LogP contribution is -2.13. The highest BCUT2D eigenvalue weighted by molar-refractivity contribution is 7.14. The number of nitro groups is 1. The van der Waals surface area contributed by atoms with Crippen molar-refractivity contribution in [2.75, 3.05) is 5.32 Å². The Kier molecular flexibility index (Phi) is 4.77. The fourth-order valence-electron chi connectivity index (χ4n) is 2.92. The van der Waals surface area contributed by atoms with Crippen molar-refractivity contribution in [1.82, 2.24) is 4.98 Å².